The highest BCUT2D eigenvalue weighted by Gasteiger charge is 2.37. The smallest absolute Gasteiger partial charge is 0.416 e. The number of aryl methyl sites for hydroxylation is 1. The lowest BCUT2D eigenvalue weighted by atomic mass is 9.94. The molecule has 0 radical (unpaired) electrons. The number of tetrazole rings is 1. The average molecular weight is 669 g/mol. The molecule has 0 saturated carbocycles. The Hall–Kier alpha value is -3.89. The van der Waals surface area contributed by atoms with E-state index in [1.807, 2.05) is 11.8 Å². The van der Waals surface area contributed by atoms with Crippen molar-refractivity contribution in [2.45, 2.75) is 76.7 Å². The van der Waals surface area contributed by atoms with Gasteiger partial charge >= 0.3 is 24.5 Å². The number of aromatic nitrogens is 4. The molecular weight excluding hydrogens is 635 g/mol. The number of benzene rings is 2. The Morgan fingerprint density at radius 1 is 0.870 bits per heavy atom. The Bertz CT molecular complexity index is 1440. The number of hydrogen-bond acceptors (Lipinski definition) is 6. The van der Waals surface area contributed by atoms with Crippen molar-refractivity contribution in [3.63, 3.8) is 0 Å². The van der Waals surface area contributed by atoms with E-state index >= 15 is 0 Å². The van der Waals surface area contributed by atoms with Crippen LogP contribution in [0.4, 0.5) is 45.5 Å². The fourth-order valence-corrected chi connectivity index (χ4v) is 5.12. The maximum absolute atomic E-state index is 13.8. The Morgan fingerprint density at radius 2 is 1.48 bits per heavy atom. The van der Waals surface area contributed by atoms with Crippen molar-refractivity contribution in [1.29, 1.82) is 0 Å². The van der Waals surface area contributed by atoms with E-state index in [0.29, 0.717) is 49.9 Å². The topological polar surface area (TPSA) is 87.4 Å². The number of nitrogens with zero attached hydrogens (tertiary/aromatic N) is 6. The zero-order valence-corrected chi connectivity index (χ0v) is 25.1. The average Bonchev–Trinajstić information content (AvgIpc) is 3.38. The van der Waals surface area contributed by atoms with Crippen LogP contribution in [0, 0.1) is 0 Å². The molecule has 0 aliphatic rings. The van der Waals surface area contributed by atoms with E-state index in [4.69, 9.17) is 5.11 Å². The van der Waals surface area contributed by atoms with Gasteiger partial charge in [0, 0.05) is 25.6 Å². The monoisotopic (exact) mass is 668 g/mol. The summed E-state index contributed by atoms with van der Waals surface area (Å²) in [4.78, 5) is 14.9. The lowest BCUT2D eigenvalue weighted by Crippen LogP contribution is -2.29. The SMILES string of the molecule is CCC(c1ccc(C(F)(F)F)cc1CN(Cc1cc(C(F)(F)F)cc(C(F)(F)F)c1)c1nnn(C)n1)N(C)CCCCCC(=O)O. The molecule has 0 fully saturated rings. The van der Waals surface area contributed by atoms with Gasteiger partial charge in [-0.15, -0.1) is 5.10 Å². The van der Waals surface area contributed by atoms with Crippen LogP contribution < -0.4 is 4.90 Å². The van der Waals surface area contributed by atoms with Crippen LogP contribution in [0.1, 0.15) is 78.5 Å². The molecule has 1 heterocycles. The third-order valence-corrected chi connectivity index (χ3v) is 7.31. The maximum Gasteiger partial charge on any atom is 0.416 e. The van der Waals surface area contributed by atoms with Crippen LogP contribution >= 0.6 is 0 Å². The quantitative estimate of drug-likeness (QED) is 0.141. The number of unbranched alkanes of at least 4 members (excludes halogenated alkanes) is 2. The number of carboxylic acids is 1. The molecule has 0 aliphatic carbocycles. The summed E-state index contributed by atoms with van der Waals surface area (Å²) >= 11 is 0. The predicted octanol–water partition coefficient (Wildman–Crippen LogP) is 7.50. The largest absolute Gasteiger partial charge is 0.481 e. The molecule has 1 aromatic heterocycles. The van der Waals surface area contributed by atoms with Crippen molar-refractivity contribution in [3.8, 4) is 0 Å². The van der Waals surface area contributed by atoms with Crippen LogP contribution in [0.3, 0.4) is 0 Å². The van der Waals surface area contributed by atoms with Crippen molar-refractivity contribution < 1.29 is 49.4 Å². The second-order valence-corrected chi connectivity index (χ2v) is 10.9. The van der Waals surface area contributed by atoms with Crippen LogP contribution in [-0.4, -0.2) is 49.8 Å². The second kappa shape index (κ2) is 14.7. The third kappa shape index (κ3) is 10.1. The standard InChI is InChI=1S/C29H33F9N6O2/c1-4-24(42(2)11-7-5-6-8-25(45)46)23-10-9-20(27(30,31)32)14-19(23)17-44(26-39-41-43(3)40-26)16-18-12-21(28(33,34)35)15-22(13-18)29(36,37)38/h9-10,12-15,24H,4-8,11,16-17H2,1-3H3,(H,45,46). The minimum atomic E-state index is -5.10. The number of aliphatic carboxylic acids is 1. The number of alkyl halides is 9. The van der Waals surface area contributed by atoms with E-state index in [1.165, 1.54) is 18.0 Å². The normalized spacial score (nSPS) is 13.3. The molecule has 2 aromatic carbocycles. The summed E-state index contributed by atoms with van der Waals surface area (Å²) in [7, 11) is 3.13. The van der Waals surface area contributed by atoms with Gasteiger partial charge in [0.15, 0.2) is 0 Å². The summed E-state index contributed by atoms with van der Waals surface area (Å²) in [6, 6.07) is 3.76. The molecule has 3 rings (SSSR count). The van der Waals surface area contributed by atoms with Gasteiger partial charge in [-0.05, 0) is 85.1 Å². The van der Waals surface area contributed by atoms with Crippen molar-refractivity contribution >= 4 is 11.9 Å². The molecule has 17 heteroatoms. The highest BCUT2D eigenvalue weighted by Crippen LogP contribution is 2.38. The van der Waals surface area contributed by atoms with Crippen LogP contribution in [0.15, 0.2) is 36.4 Å². The molecule has 3 aromatic rings. The van der Waals surface area contributed by atoms with E-state index in [2.05, 4.69) is 15.4 Å². The Kier molecular flexibility index (Phi) is 11.7. The lowest BCUT2D eigenvalue weighted by Gasteiger charge is -2.31. The summed E-state index contributed by atoms with van der Waals surface area (Å²) < 4.78 is 123. The Labute approximate surface area is 258 Å². The fraction of sp³-hybridized carbons (Fsp3) is 0.517. The summed E-state index contributed by atoms with van der Waals surface area (Å²) in [5.41, 5.74) is -3.94. The van der Waals surface area contributed by atoms with E-state index in [0.717, 1.165) is 16.9 Å². The molecule has 254 valence electrons. The van der Waals surface area contributed by atoms with E-state index < -0.39 is 65.9 Å². The first kappa shape index (κ1) is 36.6. The van der Waals surface area contributed by atoms with Gasteiger partial charge in [-0.3, -0.25) is 9.69 Å². The molecule has 8 nitrogen and oxygen atoms in total. The van der Waals surface area contributed by atoms with E-state index in [-0.39, 0.29) is 24.0 Å². The molecule has 1 N–H and O–H groups in total. The molecule has 0 spiro atoms. The summed E-state index contributed by atoms with van der Waals surface area (Å²) in [6.07, 6.45) is -12.8. The fourth-order valence-electron chi connectivity index (χ4n) is 5.12. The molecular formula is C29H33F9N6O2. The summed E-state index contributed by atoms with van der Waals surface area (Å²) in [6.45, 7) is 1.27. The predicted molar refractivity (Wildman–Crippen MR) is 148 cm³/mol. The van der Waals surface area contributed by atoms with Crippen LogP contribution in [-0.2, 0) is 43.5 Å². The van der Waals surface area contributed by atoms with Crippen LogP contribution in [0.5, 0.6) is 0 Å². The van der Waals surface area contributed by atoms with Crippen molar-refractivity contribution in [1.82, 2.24) is 25.1 Å². The number of halogens is 9. The van der Waals surface area contributed by atoms with Crippen molar-refractivity contribution in [3.05, 3.63) is 69.8 Å². The first-order valence-corrected chi connectivity index (χ1v) is 14.2. The highest BCUT2D eigenvalue weighted by atomic mass is 19.4. The molecule has 0 bridgehead atoms. The van der Waals surface area contributed by atoms with Crippen LogP contribution in [0.25, 0.3) is 0 Å². The van der Waals surface area contributed by atoms with Crippen molar-refractivity contribution in [2.24, 2.45) is 7.05 Å². The van der Waals surface area contributed by atoms with Gasteiger partial charge < -0.3 is 10.0 Å². The number of anilines is 1. The zero-order valence-electron chi connectivity index (χ0n) is 25.1. The van der Waals surface area contributed by atoms with E-state index in [9.17, 15) is 44.3 Å². The van der Waals surface area contributed by atoms with Gasteiger partial charge in [0.25, 0.3) is 5.95 Å². The Balaban J connectivity index is 2.06. The number of carbonyl (C=O) groups is 1. The zero-order chi connectivity index (χ0) is 34.4. The molecule has 1 unspecified atom stereocenters. The minimum Gasteiger partial charge on any atom is -0.481 e. The molecule has 0 aliphatic heterocycles. The summed E-state index contributed by atoms with van der Waals surface area (Å²) in [5, 5.41) is 20.4. The van der Waals surface area contributed by atoms with Crippen LogP contribution in [0.2, 0.25) is 0 Å². The summed E-state index contributed by atoms with van der Waals surface area (Å²) in [5.74, 6) is -1.15. The lowest BCUT2D eigenvalue weighted by molar-refractivity contribution is -0.143. The van der Waals surface area contributed by atoms with E-state index in [1.54, 1.807) is 7.05 Å². The number of rotatable bonds is 14. The van der Waals surface area contributed by atoms with Gasteiger partial charge in [0.1, 0.15) is 0 Å². The Morgan fingerprint density at radius 3 is 1.98 bits per heavy atom. The van der Waals surface area contributed by atoms with Gasteiger partial charge in [-0.1, -0.05) is 24.5 Å². The van der Waals surface area contributed by atoms with Gasteiger partial charge in [-0.2, -0.15) is 44.3 Å². The van der Waals surface area contributed by atoms with Gasteiger partial charge in [0.05, 0.1) is 23.7 Å². The second-order valence-electron chi connectivity index (χ2n) is 10.9. The molecule has 1 atom stereocenters. The molecule has 0 amide bonds. The van der Waals surface area contributed by atoms with Gasteiger partial charge in [0.2, 0.25) is 0 Å². The maximum atomic E-state index is 13.8. The van der Waals surface area contributed by atoms with Gasteiger partial charge in [-0.25, -0.2) is 0 Å². The first-order chi connectivity index (χ1) is 21.3. The molecule has 0 saturated heterocycles. The minimum absolute atomic E-state index is 0.00651. The first-order valence-electron chi connectivity index (χ1n) is 14.2. The third-order valence-electron chi connectivity index (χ3n) is 7.31. The highest BCUT2D eigenvalue weighted by molar-refractivity contribution is 5.66. The number of carboxylic acid groups (broad SMARTS) is 1. The van der Waals surface area contributed by atoms with Crippen molar-refractivity contribution in [2.75, 3.05) is 18.5 Å². The number of hydrogen-bond donors (Lipinski definition) is 1. The molecule has 46 heavy (non-hydrogen) atoms.